The Balaban J connectivity index is 1.98. The van der Waals surface area contributed by atoms with Crippen molar-refractivity contribution in [3.63, 3.8) is 0 Å². The lowest BCUT2D eigenvalue weighted by molar-refractivity contribution is -0.145. The molecule has 0 aliphatic heterocycles. The number of allylic oxidation sites excluding steroid dienone is 1. The second-order valence-electron chi connectivity index (χ2n) is 7.40. The first-order chi connectivity index (χ1) is 14.2. The van der Waals surface area contributed by atoms with E-state index in [1.165, 1.54) is 0 Å². The van der Waals surface area contributed by atoms with Crippen LogP contribution in [-0.4, -0.2) is 35.0 Å². The summed E-state index contributed by atoms with van der Waals surface area (Å²) < 4.78 is 7.20. The van der Waals surface area contributed by atoms with Crippen molar-refractivity contribution in [2.24, 2.45) is 5.92 Å². The van der Waals surface area contributed by atoms with Gasteiger partial charge in [0, 0.05) is 29.2 Å². The normalized spacial score (nSPS) is 11.6. The van der Waals surface area contributed by atoms with Gasteiger partial charge in [0.15, 0.2) is 6.61 Å². The second-order valence-corrected chi connectivity index (χ2v) is 7.40. The summed E-state index contributed by atoms with van der Waals surface area (Å²) in [6, 6.07) is 9.28. The molecule has 0 saturated carbocycles. The Kier molecular flexibility index (Phi) is 7.98. The van der Waals surface area contributed by atoms with Crippen LogP contribution in [0.3, 0.4) is 0 Å². The highest BCUT2D eigenvalue weighted by Gasteiger charge is 2.27. The molecule has 0 unspecified atom stereocenters. The Morgan fingerprint density at radius 3 is 2.43 bits per heavy atom. The fourth-order valence-corrected chi connectivity index (χ4v) is 3.13. The van der Waals surface area contributed by atoms with Crippen LogP contribution in [-0.2, 0) is 16.1 Å². The Morgan fingerprint density at radius 1 is 1.17 bits per heavy atom. The van der Waals surface area contributed by atoms with Gasteiger partial charge in [0.25, 0.3) is 0 Å². The molecule has 1 heterocycles. The minimum absolute atomic E-state index is 0.216. The lowest BCUT2D eigenvalue weighted by Crippen LogP contribution is -2.47. The predicted octanol–water partition coefficient (Wildman–Crippen LogP) is 3.86. The molecule has 2 amide bonds. The van der Waals surface area contributed by atoms with Gasteiger partial charge in [-0.1, -0.05) is 38.1 Å². The van der Waals surface area contributed by atoms with Gasteiger partial charge in [-0.25, -0.2) is 9.59 Å². The number of rotatable bonds is 9. The van der Waals surface area contributed by atoms with Crippen molar-refractivity contribution in [2.75, 3.05) is 11.9 Å². The van der Waals surface area contributed by atoms with E-state index in [0.717, 1.165) is 11.4 Å². The molecule has 1 aromatic heterocycles. The average molecular weight is 412 g/mol. The first-order valence-corrected chi connectivity index (χ1v) is 9.84. The number of nitrogens with one attached hydrogen (secondary N) is 2. The third-order valence-corrected chi connectivity index (χ3v) is 4.77. The molecule has 0 spiro atoms. The number of ether oxygens (including phenoxy) is 1. The van der Waals surface area contributed by atoms with Crippen molar-refractivity contribution in [1.29, 1.82) is 0 Å². The molecule has 0 bridgehead atoms. The smallest absolute Gasteiger partial charge is 0.329 e. The minimum Gasteiger partial charge on any atom is -0.456 e. The molecule has 2 N–H and O–H groups in total. The Labute approximate surface area is 177 Å². The molecule has 1 aromatic carbocycles. The van der Waals surface area contributed by atoms with Gasteiger partial charge in [0.1, 0.15) is 6.04 Å². The topological polar surface area (TPSA) is 89.4 Å². The number of urea groups is 1. The summed E-state index contributed by atoms with van der Waals surface area (Å²) in [4.78, 5) is 37.3. The molecule has 2 aromatic rings. The molecule has 0 saturated heterocycles. The largest absolute Gasteiger partial charge is 0.456 e. The van der Waals surface area contributed by atoms with Crippen molar-refractivity contribution in [2.45, 2.75) is 40.3 Å². The lowest BCUT2D eigenvalue weighted by atomic mass is 10.1. The summed E-state index contributed by atoms with van der Waals surface area (Å²) in [5, 5.41) is 5.28. The zero-order valence-electron chi connectivity index (χ0n) is 17.9. The van der Waals surface area contributed by atoms with Crippen LogP contribution in [0.15, 0.2) is 49.1 Å². The van der Waals surface area contributed by atoms with Crippen LogP contribution in [0.2, 0.25) is 0 Å². The predicted molar refractivity (Wildman–Crippen MR) is 117 cm³/mol. The number of ketones is 1. The Hall–Kier alpha value is -3.35. The van der Waals surface area contributed by atoms with Crippen molar-refractivity contribution in [1.82, 2.24) is 9.88 Å². The van der Waals surface area contributed by atoms with Crippen LogP contribution in [0.25, 0.3) is 0 Å². The fourth-order valence-electron chi connectivity index (χ4n) is 3.13. The zero-order valence-corrected chi connectivity index (χ0v) is 17.9. The molecule has 7 heteroatoms. The van der Waals surface area contributed by atoms with E-state index in [9.17, 15) is 14.4 Å². The fraction of sp³-hybridized carbons (Fsp3) is 0.348. The number of amides is 2. The van der Waals surface area contributed by atoms with E-state index >= 15 is 0 Å². The highest BCUT2D eigenvalue weighted by molar-refractivity contribution is 5.99. The molecule has 0 fully saturated rings. The van der Waals surface area contributed by atoms with Gasteiger partial charge in [-0.2, -0.15) is 0 Å². The number of nitrogens with zero attached hydrogens (tertiary/aromatic N) is 1. The highest BCUT2D eigenvalue weighted by Crippen LogP contribution is 2.16. The summed E-state index contributed by atoms with van der Waals surface area (Å²) >= 11 is 0. The Morgan fingerprint density at radius 2 is 1.83 bits per heavy atom. The number of para-hydroxylation sites is 1. The number of Topliss-reactive ketones (excluding diaryl/α,β-unsaturated/α-hetero) is 1. The van der Waals surface area contributed by atoms with E-state index in [1.54, 1.807) is 50.3 Å². The molecule has 7 nitrogen and oxygen atoms in total. The number of carbonyl (C=O) groups excluding carboxylic acids is 3. The first kappa shape index (κ1) is 22.9. The van der Waals surface area contributed by atoms with Gasteiger partial charge in [-0.3, -0.25) is 4.79 Å². The summed E-state index contributed by atoms with van der Waals surface area (Å²) in [5.41, 5.74) is 2.85. The molecule has 1 atom stereocenters. The van der Waals surface area contributed by atoms with E-state index in [0.29, 0.717) is 17.8 Å². The SMILES string of the molecule is C=CCn1c(C)cc(C(=O)COC(=O)[C@@H](NC(=O)Nc2ccccc2)C(C)C)c1C. The third-order valence-electron chi connectivity index (χ3n) is 4.77. The molecule has 0 aliphatic carbocycles. The van der Waals surface area contributed by atoms with Gasteiger partial charge < -0.3 is 19.9 Å². The second kappa shape index (κ2) is 10.4. The molecule has 2 rings (SSSR count). The van der Waals surface area contributed by atoms with E-state index < -0.39 is 18.0 Å². The minimum atomic E-state index is -0.880. The van der Waals surface area contributed by atoms with Crippen LogP contribution in [0, 0.1) is 19.8 Å². The lowest BCUT2D eigenvalue weighted by Gasteiger charge is -2.21. The number of esters is 1. The molecule has 0 radical (unpaired) electrons. The van der Waals surface area contributed by atoms with Gasteiger partial charge in [0.2, 0.25) is 5.78 Å². The number of aryl methyl sites for hydroxylation is 1. The zero-order chi connectivity index (χ0) is 22.3. The monoisotopic (exact) mass is 411 g/mol. The number of hydrogen-bond donors (Lipinski definition) is 2. The number of anilines is 1. The van der Waals surface area contributed by atoms with Gasteiger partial charge in [-0.05, 0) is 38.0 Å². The molecular formula is C23H29N3O4. The quantitative estimate of drug-likeness (QED) is 0.372. The number of hydrogen-bond acceptors (Lipinski definition) is 4. The molecule has 160 valence electrons. The standard InChI is InChI=1S/C23H29N3O4/c1-6-12-26-16(4)13-19(17(26)5)20(27)14-30-22(28)21(15(2)3)25-23(29)24-18-10-8-7-9-11-18/h6-11,13,15,21H,1,12,14H2,2-5H3,(H2,24,25,29)/t21-/m0/s1. The summed E-state index contributed by atoms with van der Waals surface area (Å²) in [6.07, 6.45) is 1.76. The van der Waals surface area contributed by atoms with E-state index in [4.69, 9.17) is 4.74 Å². The van der Waals surface area contributed by atoms with E-state index in [-0.39, 0.29) is 18.3 Å². The summed E-state index contributed by atoms with van der Waals surface area (Å²) in [7, 11) is 0. The van der Waals surface area contributed by atoms with Crippen LogP contribution < -0.4 is 10.6 Å². The maximum absolute atomic E-state index is 12.6. The third kappa shape index (κ3) is 5.83. The van der Waals surface area contributed by atoms with E-state index in [1.807, 2.05) is 24.5 Å². The maximum atomic E-state index is 12.6. The highest BCUT2D eigenvalue weighted by atomic mass is 16.5. The molecule has 0 aliphatic rings. The number of aromatic nitrogens is 1. The number of benzene rings is 1. The first-order valence-electron chi connectivity index (χ1n) is 9.84. The molecule has 30 heavy (non-hydrogen) atoms. The maximum Gasteiger partial charge on any atom is 0.329 e. The van der Waals surface area contributed by atoms with Crippen LogP contribution in [0.5, 0.6) is 0 Å². The van der Waals surface area contributed by atoms with Crippen LogP contribution in [0.4, 0.5) is 10.5 Å². The van der Waals surface area contributed by atoms with Crippen molar-refractivity contribution < 1.29 is 19.1 Å². The van der Waals surface area contributed by atoms with Crippen LogP contribution in [0.1, 0.15) is 35.6 Å². The Bertz CT molecular complexity index is 916. The van der Waals surface area contributed by atoms with E-state index in [2.05, 4.69) is 17.2 Å². The van der Waals surface area contributed by atoms with Gasteiger partial charge in [0.05, 0.1) is 0 Å². The van der Waals surface area contributed by atoms with Crippen LogP contribution >= 0.6 is 0 Å². The average Bonchev–Trinajstić information content (AvgIpc) is 2.99. The number of carbonyl (C=O) groups is 3. The van der Waals surface area contributed by atoms with Crippen molar-refractivity contribution in [3.8, 4) is 0 Å². The molecular weight excluding hydrogens is 382 g/mol. The van der Waals surface area contributed by atoms with Gasteiger partial charge in [-0.15, -0.1) is 6.58 Å². The van der Waals surface area contributed by atoms with Gasteiger partial charge >= 0.3 is 12.0 Å². The van der Waals surface area contributed by atoms with Crippen molar-refractivity contribution in [3.05, 3.63) is 66.0 Å². The summed E-state index contributed by atoms with van der Waals surface area (Å²) in [5.74, 6) is -1.16. The summed E-state index contributed by atoms with van der Waals surface area (Å²) in [6.45, 7) is 11.3. The van der Waals surface area contributed by atoms with Crippen molar-refractivity contribution >= 4 is 23.5 Å².